The van der Waals surface area contributed by atoms with E-state index in [1.807, 2.05) is 39.0 Å². The molecule has 0 spiro atoms. The van der Waals surface area contributed by atoms with E-state index in [1.54, 1.807) is 6.07 Å². The first-order valence-electron chi connectivity index (χ1n) is 7.63. The topological polar surface area (TPSA) is 74.0 Å². The molecule has 0 N–H and O–H groups in total. The Kier molecular flexibility index (Phi) is 6.37. The lowest BCUT2D eigenvalue weighted by molar-refractivity contribution is -0.203. The number of nitrogens with zero attached hydrogens (tertiary/aromatic N) is 2. The quantitative estimate of drug-likeness (QED) is 0.521. The van der Waals surface area contributed by atoms with Crippen molar-refractivity contribution in [2.24, 2.45) is 0 Å². The summed E-state index contributed by atoms with van der Waals surface area (Å²) < 4.78 is 15.9. The van der Waals surface area contributed by atoms with Gasteiger partial charge < -0.3 is 13.9 Å². The Hall–Kier alpha value is -2.12. The number of aromatic nitrogens is 1. The zero-order valence-corrected chi connectivity index (χ0v) is 13.7. The number of hydroxylamine groups is 2. The second-order valence-electron chi connectivity index (χ2n) is 5.08. The van der Waals surface area contributed by atoms with Crippen LogP contribution >= 0.6 is 0 Å². The van der Waals surface area contributed by atoms with Gasteiger partial charge in [-0.15, -0.1) is 0 Å². The van der Waals surface area contributed by atoms with Crippen molar-refractivity contribution in [1.29, 1.82) is 0 Å². The van der Waals surface area contributed by atoms with E-state index < -0.39 is 0 Å². The molecule has 7 heteroatoms. The number of hydrogen-bond donors (Lipinski definition) is 0. The normalized spacial score (nSPS) is 11.1. The minimum absolute atomic E-state index is 0.0672. The Morgan fingerprint density at radius 2 is 2.09 bits per heavy atom. The van der Waals surface area contributed by atoms with Crippen molar-refractivity contribution in [3.63, 3.8) is 0 Å². The number of benzene rings is 1. The van der Waals surface area contributed by atoms with Gasteiger partial charge in [-0.25, -0.2) is 5.06 Å². The third-order valence-electron chi connectivity index (χ3n) is 2.97. The molecule has 1 aromatic heterocycles. The molecule has 0 atom stereocenters. The zero-order chi connectivity index (χ0) is 16.7. The molecule has 1 aromatic carbocycles. The molecule has 0 saturated carbocycles. The number of rotatable bonds is 9. The van der Waals surface area contributed by atoms with Crippen LogP contribution in [-0.4, -0.2) is 48.4 Å². The van der Waals surface area contributed by atoms with Crippen molar-refractivity contribution in [3.05, 3.63) is 24.3 Å². The first kappa shape index (κ1) is 17.2. The van der Waals surface area contributed by atoms with Crippen molar-refractivity contribution in [2.45, 2.75) is 26.8 Å². The van der Waals surface area contributed by atoms with Crippen LogP contribution in [0.2, 0.25) is 0 Å². The number of amides is 1. The van der Waals surface area contributed by atoms with Gasteiger partial charge in [-0.2, -0.15) is 4.98 Å². The van der Waals surface area contributed by atoms with E-state index in [2.05, 4.69) is 4.98 Å². The fraction of sp³-hybridized carbons (Fsp3) is 0.500. The Bertz CT molecular complexity index is 593. The van der Waals surface area contributed by atoms with E-state index in [0.717, 1.165) is 0 Å². The molecule has 0 bridgehead atoms. The summed E-state index contributed by atoms with van der Waals surface area (Å²) >= 11 is 0. The highest BCUT2D eigenvalue weighted by molar-refractivity contribution is 5.77. The van der Waals surface area contributed by atoms with Gasteiger partial charge in [0, 0.05) is 6.61 Å². The maximum atomic E-state index is 12.2. The Morgan fingerprint density at radius 3 is 2.78 bits per heavy atom. The fourth-order valence-electron chi connectivity index (χ4n) is 1.95. The summed E-state index contributed by atoms with van der Waals surface area (Å²) in [6, 6.07) is 7.18. The minimum Gasteiger partial charge on any atom is -0.440 e. The van der Waals surface area contributed by atoms with Crippen molar-refractivity contribution in [2.75, 3.05) is 26.4 Å². The summed E-state index contributed by atoms with van der Waals surface area (Å²) in [5.74, 6) is -0.307. The first-order valence-corrected chi connectivity index (χ1v) is 7.63. The smallest absolute Gasteiger partial charge is 0.395 e. The Labute approximate surface area is 135 Å². The van der Waals surface area contributed by atoms with Crippen molar-refractivity contribution in [3.8, 4) is 6.08 Å². The summed E-state index contributed by atoms with van der Waals surface area (Å²) in [6.07, 6.45) is 0.0672. The lowest BCUT2D eigenvalue weighted by Gasteiger charge is -2.25. The Balaban J connectivity index is 1.87. The molecule has 2 aromatic rings. The van der Waals surface area contributed by atoms with E-state index in [0.29, 0.717) is 30.9 Å². The number of hydrogen-bond acceptors (Lipinski definition) is 6. The molecule has 0 aliphatic rings. The van der Waals surface area contributed by atoms with Crippen LogP contribution in [0.5, 0.6) is 6.08 Å². The van der Waals surface area contributed by atoms with Crippen LogP contribution in [0.25, 0.3) is 11.1 Å². The highest BCUT2D eigenvalue weighted by Gasteiger charge is 2.19. The van der Waals surface area contributed by atoms with Gasteiger partial charge in [0.25, 0.3) is 5.91 Å². The third kappa shape index (κ3) is 4.94. The summed E-state index contributed by atoms with van der Waals surface area (Å²) in [5, 5.41) is 1.28. The second kappa shape index (κ2) is 8.50. The fourth-order valence-corrected chi connectivity index (χ4v) is 1.95. The summed E-state index contributed by atoms with van der Waals surface area (Å²) in [7, 11) is 0. The SMILES string of the molecule is CCOCCON(C(=O)COc1nc2ccccc2o1)C(C)C. The van der Waals surface area contributed by atoms with Gasteiger partial charge >= 0.3 is 6.08 Å². The highest BCUT2D eigenvalue weighted by Crippen LogP contribution is 2.19. The molecular weight excluding hydrogens is 300 g/mol. The van der Waals surface area contributed by atoms with Crippen LogP contribution < -0.4 is 4.74 Å². The molecule has 23 heavy (non-hydrogen) atoms. The molecule has 1 heterocycles. The average Bonchev–Trinajstić information content (AvgIpc) is 2.95. The molecule has 2 rings (SSSR count). The molecule has 0 aliphatic carbocycles. The summed E-state index contributed by atoms with van der Waals surface area (Å²) in [4.78, 5) is 21.8. The maximum Gasteiger partial charge on any atom is 0.395 e. The van der Waals surface area contributed by atoms with Crippen LogP contribution in [0.4, 0.5) is 0 Å². The highest BCUT2D eigenvalue weighted by atomic mass is 16.7. The zero-order valence-electron chi connectivity index (χ0n) is 13.7. The Morgan fingerprint density at radius 1 is 1.30 bits per heavy atom. The van der Waals surface area contributed by atoms with Gasteiger partial charge in [-0.3, -0.25) is 9.63 Å². The molecule has 7 nitrogen and oxygen atoms in total. The van der Waals surface area contributed by atoms with Crippen LogP contribution in [0.3, 0.4) is 0 Å². The van der Waals surface area contributed by atoms with E-state index in [1.165, 1.54) is 5.06 Å². The van der Waals surface area contributed by atoms with Crippen LogP contribution in [0.1, 0.15) is 20.8 Å². The molecular formula is C16H22N2O5. The van der Waals surface area contributed by atoms with Gasteiger partial charge in [0.15, 0.2) is 12.2 Å². The van der Waals surface area contributed by atoms with E-state index in [9.17, 15) is 4.79 Å². The van der Waals surface area contributed by atoms with E-state index in [-0.39, 0.29) is 24.6 Å². The van der Waals surface area contributed by atoms with Gasteiger partial charge in [-0.1, -0.05) is 12.1 Å². The first-order chi connectivity index (χ1) is 11.1. The molecule has 126 valence electrons. The maximum absolute atomic E-state index is 12.2. The number of fused-ring (bicyclic) bond motifs is 1. The van der Waals surface area contributed by atoms with Gasteiger partial charge in [0.05, 0.1) is 19.3 Å². The summed E-state index contributed by atoms with van der Waals surface area (Å²) in [5.41, 5.74) is 1.30. The predicted molar refractivity (Wildman–Crippen MR) is 83.9 cm³/mol. The standard InChI is InChI=1S/C16H22N2O5/c1-4-20-9-10-22-18(12(2)3)15(19)11-21-16-17-13-7-5-6-8-14(13)23-16/h5-8,12H,4,9-11H2,1-3H3. The number of carbonyl (C=O) groups is 1. The predicted octanol–water partition coefficient (Wildman–Crippen LogP) is 2.41. The van der Waals surface area contributed by atoms with Gasteiger partial charge in [-0.05, 0) is 32.9 Å². The number of carbonyl (C=O) groups excluding carboxylic acids is 1. The number of ether oxygens (including phenoxy) is 2. The van der Waals surface area contributed by atoms with Crippen LogP contribution in [0.15, 0.2) is 28.7 Å². The number of para-hydroxylation sites is 2. The molecule has 0 aliphatic heterocycles. The monoisotopic (exact) mass is 322 g/mol. The van der Waals surface area contributed by atoms with Crippen LogP contribution in [-0.2, 0) is 14.4 Å². The number of oxazole rings is 1. The van der Waals surface area contributed by atoms with E-state index in [4.69, 9.17) is 18.7 Å². The lowest BCUT2D eigenvalue weighted by atomic mass is 10.3. The molecule has 0 radical (unpaired) electrons. The van der Waals surface area contributed by atoms with Crippen LogP contribution in [0, 0.1) is 0 Å². The molecule has 0 saturated heterocycles. The molecule has 1 amide bonds. The van der Waals surface area contributed by atoms with Crippen molar-refractivity contribution >= 4 is 17.0 Å². The van der Waals surface area contributed by atoms with Gasteiger partial charge in [0.2, 0.25) is 0 Å². The molecule has 0 unspecified atom stereocenters. The summed E-state index contributed by atoms with van der Waals surface area (Å²) in [6.45, 7) is 6.76. The van der Waals surface area contributed by atoms with Gasteiger partial charge in [0.1, 0.15) is 5.52 Å². The average molecular weight is 322 g/mol. The molecule has 0 fully saturated rings. The van der Waals surface area contributed by atoms with Crippen molar-refractivity contribution < 1.29 is 23.5 Å². The lowest BCUT2D eigenvalue weighted by Crippen LogP contribution is -2.40. The largest absolute Gasteiger partial charge is 0.440 e. The minimum atomic E-state index is -0.307. The van der Waals surface area contributed by atoms with Crippen molar-refractivity contribution in [1.82, 2.24) is 10.0 Å². The second-order valence-corrected chi connectivity index (χ2v) is 5.08. The third-order valence-corrected chi connectivity index (χ3v) is 2.97. The van der Waals surface area contributed by atoms with E-state index >= 15 is 0 Å².